The van der Waals surface area contributed by atoms with E-state index in [0.717, 1.165) is 12.1 Å². The molecule has 1 rings (SSSR count). The lowest BCUT2D eigenvalue weighted by atomic mass is 10.2. The zero-order valence-corrected chi connectivity index (χ0v) is 13.8. The highest BCUT2D eigenvalue weighted by Crippen LogP contribution is 2.18. The first-order valence-corrected chi connectivity index (χ1v) is 7.15. The number of carboxylic acid groups (broad SMARTS) is 1. The Labute approximate surface area is 142 Å². The zero-order valence-electron chi connectivity index (χ0n) is 13.8. The molecule has 0 aliphatic rings. The minimum Gasteiger partial charge on any atom is -0.481 e. The van der Waals surface area contributed by atoms with Crippen LogP contribution in [0.4, 0.5) is 10.5 Å². The van der Waals surface area contributed by atoms with Crippen LogP contribution in [0.5, 0.6) is 5.75 Å². The molecule has 10 heteroatoms. The number of rotatable bonds is 6. The fraction of sp³-hybridized carbons (Fsp3) is 0.400. The van der Waals surface area contributed by atoms with Crippen LogP contribution in [0, 0.1) is 10.1 Å². The number of aliphatic carboxylic acids is 1. The molecule has 10 nitrogen and oxygen atoms in total. The smallest absolute Gasteiger partial charge is 0.408 e. The molecule has 0 aliphatic carbocycles. The number of nitro groups is 1. The SMILES string of the molecule is CC(C)(C)OC(=O)N[C@H](CC(=O)O)C(=O)Oc1ccc([N+](=O)[O-])cc1. The lowest BCUT2D eigenvalue weighted by Crippen LogP contribution is -2.46. The highest BCUT2D eigenvalue weighted by Gasteiger charge is 2.28. The maximum Gasteiger partial charge on any atom is 0.408 e. The first kappa shape index (κ1) is 19.9. The number of non-ortho nitro benzene ring substituents is 1. The van der Waals surface area contributed by atoms with E-state index in [1.807, 2.05) is 0 Å². The van der Waals surface area contributed by atoms with Crippen LogP contribution >= 0.6 is 0 Å². The number of carboxylic acids is 1. The summed E-state index contributed by atoms with van der Waals surface area (Å²) in [4.78, 5) is 44.6. The minimum absolute atomic E-state index is 0.0306. The lowest BCUT2D eigenvalue weighted by Gasteiger charge is -2.22. The fourth-order valence-corrected chi connectivity index (χ4v) is 1.64. The topological polar surface area (TPSA) is 145 Å². The van der Waals surface area contributed by atoms with Gasteiger partial charge in [0, 0.05) is 12.1 Å². The van der Waals surface area contributed by atoms with E-state index >= 15 is 0 Å². The number of amides is 1. The van der Waals surface area contributed by atoms with E-state index in [1.54, 1.807) is 20.8 Å². The first-order chi connectivity index (χ1) is 11.5. The van der Waals surface area contributed by atoms with Crippen LogP contribution in [-0.2, 0) is 14.3 Å². The molecule has 1 aromatic carbocycles. The fourth-order valence-electron chi connectivity index (χ4n) is 1.64. The van der Waals surface area contributed by atoms with Gasteiger partial charge in [-0.25, -0.2) is 9.59 Å². The van der Waals surface area contributed by atoms with Gasteiger partial charge in [0.2, 0.25) is 0 Å². The van der Waals surface area contributed by atoms with Crippen molar-refractivity contribution in [1.82, 2.24) is 5.32 Å². The number of carbonyl (C=O) groups excluding carboxylic acids is 2. The molecule has 0 radical (unpaired) electrons. The average molecular weight is 354 g/mol. The Morgan fingerprint density at radius 1 is 1.24 bits per heavy atom. The summed E-state index contributed by atoms with van der Waals surface area (Å²) in [7, 11) is 0. The molecule has 0 saturated heterocycles. The number of hydrogen-bond donors (Lipinski definition) is 2. The largest absolute Gasteiger partial charge is 0.481 e. The lowest BCUT2D eigenvalue weighted by molar-refractivity contribution is -0.384. The van der Waals surface area contributed by atoms with Gasteiger partial charge in [-0.2, -0.15) is 0 Å². The quantitative estimate of drug-likeness (QED) is 0.341. The second kappa shape index (κ2) is 8.08. The summed E-state index contributed by atoms with van der Waals surface area (Å²) in [6.07, 6.45) is -1.69. The molecule has 1 atom stereocenters. The molecule has 0 fully saturated rings. The van der Waals surface area contributed by atoms with Gasteiger partial charge in [0.1, 0.15) is 17.4 Å². The third-order valence-electron chi connectivity index (χ3n) is 2.62. The Hall–Kier alpha value is -3.17. The van der Waals surface area contributed by atoms with Gasteiger partial charge in [-0.05, 0) is 32.9 Å². The van der Waals surface area contributed by atoms with Crippen molar-refractivity contribution in [1.29, 1.82) is 0 Å². The molecule has 0 aliphatic heterocycles. The highest BCUT2D eigenvalue weighted by molar-refractivity contribution is 5.87. The third-order valence-corrected chi connectivity index (χ3v) is 2.62. The Morgan fingerprint density at radius 2 is 1.80 bits per heavy atom. The number of hydrogen-bond acceptors (Lipinski definition) is 7. The summed E-state index contributed by atoms with van der Waals surface area (Å²) in [5.74, 6) is -2.40. The summed E-state index contributed by atoms with van der Waals surface area (Å²) >= 11 is 0. The number of benzene rings is 1. The Bertz CT molecular complexity index is 663. The maximum absolute atomic E-state index is 12.1. The van der Waals surface area contributed by atoms with E-state index in [4.69, 9.17) is 14.6 Å². The van der Waals surface area contributed by atoms with Gasteiger partial charge >= 0.3 is 18.0 Å². The molecule has 0 saturated carbocycles. The monoisotopic (exact) mass is 354 g/mol. The predicted octanol–water partition coefficient (Wildman–Crippen LogP) is 1.87. The van der Waals surface area contributed by atoms with Crippen LogP contribution in [0.1, 0.15) is 27.2 Å². The normalized spacial score (nSPS) is 12.0. The van der Waals surface area contributed by atoms with Crippen molar-refractivity contribution in [2.75, 3.05) is 0 Å². The number of ether oxygens (including phenoxy) is 2. The number of nitrogens with one attached hydrogen (secondary N) is 1. The number of alkyl carbamates (subject to hydrolysis) is 1. The van der Waals surface area contributed by atoms with E-state index in [2.05, 4.69) is 5.32 Å². The van der Waals surface area contributed by atoms with Crippen molar-refractivity contribution >= 4 is 23.7 Å². The van der Waals surface area contributed by atoms with Gasteiger partial charge in [0.15, 0.2) is 0 Å². The molecule has 0 bridgehead atoms. The van der Waals surface area contributed by atoms with Crippen LogP contribution in [0.15, 0.2) is 24.3 Å². The van der Waals surface area contributed by atoms with Gasteiger partial charge in [0.25, 0.3) is 5.69 Å². The van der Waals surface area contributed by atoms with Crippen molar-refractivity contribution in [3.05, 3.63) is 34.4 Å². The molecule has 2 N–H and O–H groups in total. The zero-order chi connectivity index (χ0) is 19.2. The number of nitro benzene ring substituents is 1. The van der Waals surface area contributed by atoms with Gasteiger partial charge in [-0.3, -0.25) is 14.9 Å². The Kier molecular flexibility index (Phi) is 6.43. The average Bonchev–Trinajstić information content (AvgIpc) is 2.44. The molecule has 25 heavy (non-hydrogen) atoms. The second-order valence-electron chi connectivity index (χ2n) is 5.97. The minimum atomic E-state index is -1.48. The Balaban J connectivity index is 2.80. The molecule has 0 heterocycles. The van der Waals surface area contributed by atoms with Crippen LogP contribution in [0.25, 0.3) is 0 Å². The van der Waals surface area contributed by atoms with Gasteiger partial charge in [-0.15, -0.1) is 0 Å². The van der Waals surface area contributed by atoms with Crippen LogP contribution in [0.2, 0.25) is 0 Å². The summed E-state index contributed by atoms with van der Waals surface area (Å²) in [5.41, 5.74) is -1.03. The summed E-state index contributed by atoms with van der Waals surface area (Å²) < 4.78 is 9.91. The van der Waals surface area contributed by atoms with Crippen LogP contribution in [0.3, 0.4) is 0 Å². The molecule has 0 spiro atoms. The van der Waals surface area contributed by atoms with Gasteiger partial charge in [0.05, 0.1) is 11.3 Å². The highest BCUT2D eigenvalue weighted by atomic mass is 16.6. The third kappa shape index (κ3) is 7.29. The molecular formula is C15H18N2O8. The standard InChI is InChI=1S/C15H18N2O8/c1-15(2,3)25-14(21)16-11(8-12(18)19)13(20)24-10-6-4-9(5-7-10)17(22)23/h4-7,11H,8H2,1-3H3,(H,16,21)(H,18,19)/t11-/m1/s1. The van der Waals surface area contributed by atoms with E-state index in [1.165, 1.54) is 12.1 Å². The van der Waals surface area contributed by atoms with Crippen LogP contribution < -0.4 is 10.1 Å². The Morgan fingerprint density at radius 3 is 2.24 bits per heavy atom. The predicted molar refractivity (Wildman–Crippen MR) is 84.1 cm³/mol. The summed E-state index contributed by atoms with van der Waals surface area (Å²) in [6.45, 7) is 4.82. The van der Waals surface area contributed by atoms with Gasteiger partial charge < -0.3 is 19.9 Å². The van der Waals surface area contributed by atoms with E-state index < -0.39 is 41.0 Å². The first-order valence-electron chi connectivity index (χ1n) is 7.15. The number of carbonyl (C=O) groups is 3. The second-order valence-corrected chi connectivity index (χ2v) is 5.97. The van der Waals surface area contributed by atoms with E-state index in [-0.39, 0.29) is 11.4 Å². The molecule has 1 aromatic rings. The molecule has 1 amide bonds. The number of nitrogens with zero attached hydrogens (tertiary/aromatic N) is 1. The van der Waals surface area contributed by atoms with Crippen molar-refractivity contribution in [2.45, 2.75) is 38.8 Å². The van der Waals surface area contributed by atoms with E-state index in [0.29, 0.717) is 0 Å². The van der Waals surface area contributed by atoms with Crippen molar-refractivity contribution in [3.8, 4) is 5.75 Å². The van der Waals surface area contributed by atoms with Crippen molar-refractivity contribution in [3.63, 3.8) is 0 Å². The summed E-state index contributed by atoms with van der Waals surface area (Å²) in [5, 5.41) is 21.6. The molecule has 0 unspecified atom stereocenters. The molecule has 0 aromatic heterocycles. The number of esters is 1. The van der Waals surface area contributed by atoms with Crippen molar-refractivity contribution in [2.24, 2.45) is 0 Å². The van der Waals surface area contributed by atoms with Crippen LogP contribution in [-0.4, -0.2) is 39.7 Å². The molecule has 136 valence electrons. The van der Waals surface area contributed by atoms with E-state index in [9.17, 15) is 24.5 Å². The van der Waals surface area contributed by atoms with Crippen molar-refractivity contribution < 1.29 is 33.9 Å². The molecular weight excluding hydrogens is 336 g/mol. The summed E-state index contributed by atoms with van der Waals surface area (Å²) in [6, 6.07) is 3.12. The maximum atomic E-state index is 12.1. The van der Waals surface area contributed by atoms with Gasteiger partial charge in [-0.1, -0.05) is 0 Å².